The van der Waals surface area contributed by atoms with Crippen LogP contribution in [-0.4, -0.2) is 25.8 Å². The van der Waals surface area contributed by atoms with E-state index in [0.29, 0.717) is 27.7 Å². The van der Waals surface area contributed by atoms with Crippen molar-refractivity contribution < 1.29 is 8.42 Å². The maximum absolute atomic E-state index is 12.5. The Morgan fingerprint density at radius 1 is 1.17 bits per heavy atom. The number of nitrogens with two attached hydrogens (primary N) is 1. The van der Waals surface area contributed by atoms with Crippen LogP contribution in [0.5, 0.6) is 0 Å². The molecule has 2 rings (SSSR count). The summed E-state index contributed by atoms with van der Waals surface area (Å²) in [7, 11) is -3.51. The summed E-state index contributed by atoms with van der Waals surface area (Å²) in [5.41, 5.74) is 6.18. The summed E-state index contributed by atoms with van der Waals surface area (Å²) in [6, 6.07) is 3.19. The molecule has 0 aliphatic carbocycles. The molecule has 1 aliphatic rings. The summed E-state index contributed by atoms with van der Waals surface area (Å²) in [6.07, 6.45) is 4.59. The van der Waals surface area contributed by atoms with Crippen molar-refractivity contribution in [1.29, 1.82) is 0 Å². The van der Waals surface area contributed by atoms with Crippen LogP contribution in [0, 0.1) is 0 Å². The molecule has 0 saturated heterocycles. The minimum absolute atomic E-state index is 0.229. The highest BCUT2D eigenvalue weighted by atomic mass is 79.9. The summed E-state index contributed by atoms with van der Waals surface area (Å²) in [5, 5.41) is 0. The Morgan fingerprint density at radius 2 is 1.78 bits per heavy atom. The molecule has 98 valence electrons. The second kappa shape index (κ2) is 5.32. The fraction of sp³-hybridized carbons (Fsp3) is 0.273. The van der Waals surface area contributed by atoms with Crippen molar-refractivity contribution in [2.75, 3.05) is 18.8 Å². The molecule has 0 unspecified atom stereocenters. The normalized spacial score (nSPS) is 17.0. The van der Waals surface area contributed by atoms with Crippen molar-refractivity contribution >= 4 is 47.6 Å². The molecule has 0 atom stereocenters. The van der Waals surface area contributed by atoms with Gasteiger partial charge in [0, 0.05) is 27.7 Å². The van der Waals surface area contributed by atoms with Gasteiger partial charge < -0.3 is 5.73 Å². The lowest BCUT2D eigenvalue weighted by Crippen LogP contribution is -2.34. The second-order valence-electron chi connectivity index (χ2n) is 3.94. The first kappa shape index (κ1) is 14.0. The third-order valence-electron chi connectivity index (χ3n) is 2.64. The van der Waals surface area contributed by atoms with Crippen LogP contribution < -0.4 is 5.73 Å². The van der Waals surface area contributed by atoms with E-state index in [9.17, 15) is 8.42 Å². The smallest absolute Gasteiger partial charge is 0.245 e. The molecule has 0 fully saturated rings. The van der Waals surface area contributed by atoms with Gasteiger partial charge in [-0.25, -0.2) is 8.42 Å². The number of nitrogen functional groups attached to an aromatic ring is 1. The Morgan fingerprint density at radius 3 is 2.28 bits per heavy atom. The molecule has 0 bridgehead atoms. The van der Waals surface area contributed by atoms with E-state index in [1.54, 1.807) is 12.1 Å². The Hall–Kier alpha value is -0.370. The zero-order valence-electron chi connectivity index (χ0n) is 9.44. The molecule has 4 nitrogen and oxygen atoms in total. The third kappa shape index (κ3) is 2.64. The van der Waals surface area contributed by atoms with E-state index in [0.717, 1.165) is 6.42 Å². The molecule has 0 amide bonds. The number of anilines is 1. The monoisotopic (exact) mass is 394 g/mol. The lowest BCUT2D eigenvalue weighted by molar-refractivity contribution is 0.437. The van der Waals surface area contributed by atoms with Crippen LogP contribution in [-0.2, 0) is 10.0 Å². The maximum Gasteiger partial charge on any atom is 0.245 e. The zero-order valence-corrected chi connectivity index (χ0v) is 13.4. The largest absolute Gasteiger partial charge is 0.399 e. The number of halogens is 2. The molecule has 0 aromatic heterocycles. The first-order chi connectivity index (χ1) is 8.43. The van der Waals surface area contributed by atoms with E-state index >= 15 is 0 Å². The third-order valence-corrected chi connectivity index (χ3v) is 6.38. The quantitative estimate of drug-likeness (QED) is 0.618. The number of sulfonamides is 1. The van der Waals surface area contributed by atoms with E-state index < -0.39 is 10.0 Å². The molecular formula is C11H12Br2N2O2S. The van der Waals surface area contributed by atoms with E-state index in [2.05, 4.69) is 31.9 Å². The Labute approximate surface area is 123 Å². The SMILES string of the molecule is Nc1cc(Br)c(S(=O)(=O)N2CC=CCC2)c(Br)c1. The lowest BCUT2D eigenvalue weighted by atomic mass is 10.3. The standard InChI is InChI=1S/C11H12Br2N2O2S/c12-9-6-8(14)7-10(13)11(9)18(16,17)15-4-2-1-3-5-15/h1-2,6-7H,3-5,14H2. The minimum atomic E-state index is -3.51. The lowest BCUT2D eigenvalue weighted by Gasteiger charge is -2.24. The molecule has 1 aromatic carbocycles. The van der Waals surface area contributed by atoms with Crippen molar-refractivity contribution in [2.24, 2.45) is 0 Å². The molecular weight excluding hydrogens is 384 g/mol. The summed E-state index contributed by atoms with van der Waals surface area (Å²) in [4.78, 5) is 0.229. The van der Waals surface area contributed by atoms with Gasteiger partial charge in [0.2, 0.25) is 10.0 Å². The van der Waals surface area contributed by atoms with Gasteiger partial charge in [0.25, 0.3) is 0 Å². The van der Waals surface area contributed by atoms with Crippen LogP contribution in [0.2, 0.25) is 0 Å². The van der Waals surface area contributed by atoms with E-state index in [-0.39, 0.29) is 4.90 Å². The number of nitrogens with zero attached hydrogens (tertiary/aromatic N) is 1. The minimum Gasteiger partial charge on any atom is -0.399 e. The van der Waals surface area contributed by atoms with E-state index in [1.165, 1.54) is 4.31 Å². The van der Waals surface area contributed by atoms with Crippen molar-refractivity contribution in [3.05, 3.63) is 33.2 Å². The van der Waals surface area contributed by atoms with Crippen LogP contribution in [0.15, 0.2) is 38.1 Å². The van der Waals surface area contributed by atoms with Gasteiger partial charge in [-0.15, -0.1) is 0 Å². The van der Waals surface area contributed by atoms with Gasteiger partial charge in [-0.2, -0.15) is 4.31 Å². The summed E-state index contributed by atoms with van der Waals surface area (Å²) < 4.78 is 27.5. The average Bonchev–Trinajstić information content (AvgIpc) is 2.28. The van der Waals surface area contributed by atoms with Crippen LogP contribution in [0.4, 0.5) is 5.69 Å². The van der Waals surface area contributed by atoms with Crippen LogP contribution >= 0.6 is 31.9 Å². The molecule has 0 spiro atoms. The van der Waals surface area contributed by atoms with Gasteiger partial charge >= 0.3 is 0 Å². The topological polar surface area (TPSA) is 63.4 Å². The Bertz CT molecular complexity index is 576. The highest BCUT2D eigenvalue weighted by Crippen LogP contribution is 2.34. The number of hydrogen-bond donors (Lipinski definition) is 1. The molecule has 0 saturated carbocycles. The van der Waals surface area contributed by atoms with Crippen molar-refractivity contribution in [3.63, 3.8) is 0 Å². The number of benzene rings is 1. The van der Waals surface area contributed by atoms with Gasteiger partial charge in [-0.3, -0.25) is 0 Å². The first-order valence-corrected chi connectivity index (χ1v) is 8.35. The fourth-order valence-corrected chi connectivity index (χ4v) is 5.74. The van der Waals surface area contributed by atoms with Crippen LogP contribution in [0.3, 0.4) is 0 Å². The maximum atomic E-state index is 12.5. The first-order valence-electron chi connectivity index (χ1n) is 5.32. The van der Waals surface area contributed by atoms with Crippen molar-refractivity contribution in [3.8, 4) is 0 Å². The number of hydrogen-bond acceptors (Lipinski definition) is 3. The summed E-state index contributed by atoms with van der Waals surface area (Å²) in [5.74, 6) is 0. The highest BCUT2D eigenvalue weighted by Gasteiger charge is 2.28. The van der Waals surface area contributed by atoms with Gasteiger partial charge in [0.05, 0.1) is 0 Å². The molecule has 0 radical (unpaired) electrons. The van der Waals surface area contributed by atoms with E-state index in [4.69, 9.17) is 5.73 Å². The number of rotatable bonds is 2. The highest BCUT2D eigenvalue weighted by molar-refractivity contribution is 9.11. The van der Waals surface area contributed by atoms with Gasteiger partial charge in [0.15, 0.2) is 0 Å². The zero-order chi connectivity index (χ0) is 13.3. The van der Waals surface area contributed by atoms with Gasteiger partial charge in [-0.1, -0.05) is 12.2 Å². The molecule has 7 heteroatoms. The average molecular weight is 396 g/mol. The van der Waals surface area contributed by atoms with Gasteiger partial charge in [0.1, 0.15) is 4.90 Å². The Kier molecular flexibility index (Phi) is 4.15. The summed E-state index contributed by atoms with van der Waals surface area (Å²) >= 11 is 6.53. The molecule has 1 aliphatic heterocycles. The van der Waals surface area contributed by atoms with Crippen LogP contribution in [0.25, 0.3) is 0 Å². The van der Waals surface area contributed by atoms with Crippen molar-refractivity contribution in [1.82, 2.24) is 4.31 Å². The predicted octanol–water partition coefficient (Wildman–Crippen LogP) is 2.74. The molecule has 1 aromatic rings. The van der Waals surface area contributed by atoms with E-state index in [1.807, 2.05) is 12.2 Å². The molecule has 18 heavy (non-hydrogen) atoms. The molecule has 2 N–H and O–H groups in total. The Balaban J connectivity index is 2.51. The predicted molar refractivity (Wildman–Crippen MR) is 78.8 cm³/mol. The van der Waals surface area contributed by atoms with Gasteiger partial charge in [-0.05, 0) is 50.4 Å². The second-order valence-corrected chi connectivity index (χ2v) is 7.52. The molecule has 1 heterocycles. The van der Waals surface area contributed by atoms with Crippen LogP contribution in [0.1, 0.15) is 6.42 Å². The van der Waals surface area contributed by atoms with Crippen molar-refractivity contribution in [2.45, 2.75) is 11.3 Å². The summed E-state index contributed by atoms with van der Waals surface area (Å²) in [6.45, 7) is 0.910. The fourth-order valence-electron chi connectivity index (χ4n) is 1.79.